The van der Waals surface area contributed by atoms with Crippen LogP contribution in [-0.2, 0) is 4.79 Å². The van der Waals surface area contributed by atoms with E-state index in [1.54, 1.807) is 7.11 Å². The average Bonchev–Trinajstić information content (AvgIpc) is 2.62. The third-order valence-corrected chi connectivity index (χ3v) is 5.12. The van der Waals surface area contributed by atoms with Crippen molar-refractivity contribution in [1.82, 2.24) is 4.90 Å². The Morgan fingerprint density at radius 2 is 1.83 bits per heavy atom. The van der Waals surface area contributed by atoms with Crippen molar-refractivity contribution in [3.05, 3.63) is 18.2 Å². The zero-order chi connectivity index (χ0) is 16.2. The maximum Gasteiger partial charge on any atom is 0.225 e. The van der Waals surface area contributed by atoms with Gasteiger partial charge in [-0.2, -0.15) is 0 Å². The van der Waals surface area contributed by atoms with E-state index in [4.69, 9.17) is 10.5 Å². The summed E-state index contributed by atoms with van der Waals surface area (Å²) < 4.78 is 5.45. The molecule has 126 valence electrons. The second-order valence-corrected chi connectivity index (χ2v) is 6.55. The molecule has 23 heavy (non-hydrogen) atoms. The summed E-state index contributed by atoms with van der Waals surface area (Å²) in [5.74, 6) is 1.36. The summed E-state index contributed by atoms with van der Waals surface area (Å²) in [6.45, 7) is 3.23. The summed E-state index contributed by atoms with van der Waals surface area (Å²) >= 11 is 0. The number of anilines is 2. The molecule has 0 radical (unpaired) electrons. The second-order valence-electron chi connectivity index (χ2n) is 6.55. The number of benzene rings is 1. The number of carbonyl (C=O) groups excluding carboxylic acids is 1. The second kappa shape index (κ2) is 7.11. The number of rotatable bonds is 3. The van der Waals surface area contributed by atoms with E-state index in [0.29, 0.717) is 11.6 Å². The first-order valence-electron chi connectivity index (χ1n) is 8.67. The Hall–Kier alpha value is -1.91. The van der Waals surface area contributed by atoms with Gasteiger partial charge >= 0.3 is 0 Å². The molecule has 3 rings (SSSR count). The zero-order valence-corrected chi connectivity index (χ0v) is 14.0. The van der Waals surface area contributed by atoms with Gasteiger partial charge in [-0.15, -0.1) is 0 Å². The Bertz CT molecular complexity index is 547. The molecular formula is C18H27N3O2. The predicted octanol–water partition coefficient (Wildman–Crippen LogP) is 2.51. The van der Waals surface area contributed by atoms with Gasteiger partial charge in [-0.25, -0.2) is 0 Å². The van der Waals surface area contributed by atoms with Crippen LogP contribution in [0, 0.1) is 5.92 Å². The maximum atomic E-state index is 12.6. The number of methoxy groups -OCH3 is 1. The van der Waals surface area contributed by atoms with Crippen LogP contribution in [0.4, 0.5) is 11.4 Å². The van der Waals surface area contributed by atoms with Crippen LogP contribution in [-0.4, -0.2) is 44.1 Å². The smallest absolute Gasteiger partial charge is 0.225 e. The number of para-hydroxylation sites is 1. The molecule has 1 heterocycles. The van der Waals surface area contributed by atoms with E-state index >= 15 is 0 Å². The largest absolute Gasteiger partial charge is 0.492 e. The molecule has 0 atom stereocenters. The Kier molecular flexibility index (Phi) is 4.94. The third-order valence-electron chi connectivity index (χ3n) is 5.12. The molecule has 2 fully saturated rings. The van der Waals surface area contributed by atoms with Gasteiger partial charge in [-0.3, -0.25) is 4.79 Å². The summed E-state index contributed by atoms with van der Waals surface area (Å²) in [6, 6.07) is 5.84. The van der Waals surface area contributed by atoms with Crippen LogP contribution in [0.2, 0.25) is 0 Å². The number of nitrogen functional groups attached to an aromatic ring is 1. The molecule has 1 amide bonds. The highest BCUT2D eigenvalue weighted by Gasteiger charge is 2.29. The van der Waals surface area contributed by atoms with Crippen LogP contribution >= 0.6 is 0 Å². The van der Waals surface area contributed by atoms with E-state index in [2.05, 4.69) is 4.90 Å². The van der Waals surface area contributed by atoms with E-state index in [-0.39, 0.29) is 5.92 Å². The summed E-state index contributed by atoms with van der Waals surface area (Å²) in [6.07, 6.45) is 5.84. The summed E-state index contributed by atoms with van der Waals surface area (Å²) in [5, 5.41) is 0. The predicted molar refractivity (Wildman–Crippen MR) is 92.8 cm³/mol. The molecule has 1 aromatic carbocycles. The number of hydrogen-bond donors (Lipinski definition) is 1. The van der Waals surface area contributed by atoms with Crippen molar-refractivity contribution in [3.8, 4) is 5.75 Å². The maximum absolute atomic E-state index is 12.6. The molecule has 0 unspecified atom stereocenters. The van der Waals surface area contributed by atoms with E-state index < -0.39 is 0 Å². The Balaban J connectivity index is 1.62. The van der Waals surface area contributed by atoms with Gasteiger partial charge in [-0.05, 0) is 25.0 Å². The van der Waals surface area contributed by atoms with Gasteiger partial charge in [0.1, 0.15) is 0 Å². The molecule has 0 aromatic heterocycles. The van der Waals surface area contributed by atoms with E-state index in [9.17, 15) is 4.79 Å². The van der Waals surface area contributed by atoms with Crippen molar-refractivity contribution >= 4 is 17.3 Å². The first kappa shape index (κ1) is 16.0. The minimum Gasteiger partial charge on any atom is -0.492 e. The lowest BCUT2D eigenvalue weighted by molar-refractivity contribution is -0.136. The third kappa shape index (κ3) is 3.38. The molecule has 2 aliphatic rings. The normalized spacial score (nSPS) is 19.7. The molecule has 1 aliphatic heterocycles. The Morgan fingerprint density at radius 3 is 2.48 bits per heavy atom. The first-order chi connectivity index (χ1) is 11.2. The zero-order valence-electron chi connectivity index (χ0n) is 14.0. The lowest BCUT2D eigenvalue weighted by atomic mass is 9.88. The number of carbonyl (C=O) groups is 1. The van der Waals surface area contributed by atoms with E-state index in [0.717, 1.165) is 50.5 Å². The molecule has 0 spiro atoms. The van der Waals surface area contributed by atoms with Gasteiger partial charge in [-0.1, -0.05) is 25.3 Å². The summed E-state index contributed by atoms with van der Waals surface area (Å²) in [4.78, 5) is 16.9. The van der Waals surface area contributed by atoms with Crippen LogP contribution in [0.1, 0.15) is 32.1 Å². The Labute approximate surface area is 138 Å². The number of ether oxygens (including phenoxy) is 1. The fraction of sp³-hybridized carbons (Fsp3) is 0.611. The number of amides is 1. The molecular weight excluding hydrogens is 290 g/mol. The molecule has 1 aliphatic carbocycles. The average molecular weight is 317 g/mol. The van der Waals surface area contributed by atoms with Gasteiger partial charge in [0.05, 0.1) is 18.5 Å². The van der Waals surface area contributed by atoms with Crippen molar-refractivity contribution in [2.45, 2.75) is 32.1 Å². The fourth-order valence-corrected chi connectivity index (χ4v) is 3.79. The highest BCUT2D eigenvalue weighted by Crippen LogP contribution is 2.34. The minimum absolute atomic E-state index is 0.261. The van der Waals surface area contributed by atoms with Crippen molar-refractivity contribution in [2.75, 3.05) is 43.9 Å². The van der Waals surface area contributed by atoms with E-state index in [1.807, 2.05) is 23.1 Å². The number of piperazine rings is 1. The number of nitrogens with zero attached hydrogens (tertiary/aromatic N) is 2. The van der Waals surface area contributed by atoms with Crippen molar-refractivity contribution in [3.63, 3.8) is 0 Å². The van der Waals surface area contributed by atoms with Crippen LogP contribution in [0.5, 0.6) is 5.75 Å². The highest BCUT2D eigenvalue weighted by molar-refractivity contribution is 5.79. The molecule has 1 saturated carbocycles. The van der Waals surface area contributed by atoms with Gasteiger partial charge in [0.2, 0.25) is 5.91 Å². The monoisotopic (exact) mass is 317 g/mol. The summed E-state index contributed by atoms with van der Waals surface area (Å²) in [5.41, 5.74) is 7.68. The van der Waals surface area contributed by atoms with Crippen molar-refractivity contribution in [1.29, 1.82) is 0 Å². The number of hydrogen-bond acceptors (Lipinski definition) is 4. The SMILES string of the molecule is COc1c(N)cccc1N1CCN(C(=O)C2CCCCC2)CC1. The van der Waals surface area contributed by atoms with Gasteiger partial charge < -0.3 is 20.3 Å². The lowest BCUT2D eigenvalue weighted by Crippen LogP contribution is -2.50. The van der Waals surface area contributed by atoms with Gasteiger partial charge in [0.15, 0.2) is 5.75 Å². The first-order valence-corrected chi connectivity index (χ1v) is 8.67. The van der Waals surface area contributed by atoms with Crippen molar-refractivity contribution < 1.29 is 9.53 Å². The topological polar surface area (TPSA) is 58.8 Å². The van der Waals surface area contributed by atoms with E-state index in [1.165, 1.54) is 19.3 Å². The molecule has 5 nitrogen and oxygen atoms in total. The molecule has 1 saturated heterocycles. The van der Waals surface area contributed by atoms with Crippen molar-refractivity contribution in [2.24, 2.45) is 5.92 Å². The van der Waals surface area contributed by atoms with Crippen LogP contribution in [0.25, 0.3) is 0 Å². The lowest BCUT2D eigenvalue weighted by Gasteiger charge is -2.38. The van der Waals surface area contributed by atoms with Crippen LogP contribution < -0.4 is 15.4 Å². The summed E-state index contributed by atoms with van der Waals surface area (Å²) in [7, 11) is 1.65. The Morgan fingerprint density at radius 1 is 1.13 bits per heavy atom. The standard InChI is InChI=1S/C18H27N3O2/c1-23-17-15(19)8-5-9-16(17)20-10-12-21(13-11-20)18(22)14-6-3-2-4-7-14/h5,8-9,14H,2-4,6-7,10-13,19H2,1H3. The van der Waals surface area contributed by atoms with Crippen LogP contribution in [0.3, 0.4) is 0 Å². The molecule has 0 bridgehead atoms. The number of nitrogens with two attached hydrogens (primary N) is 1. The molecule has 5 heteroatoms. The quantitative estimate of drug-likeness (QED) is 0.870. The highest BCUT2D eigenvalue weighted by atomic mass is 16.5. The van der Waals surface area contributed by atoms with Crippen LogP contribution in [0.15, 0.2) is 18.2 Å². The minimum atomic E-state index is 0.261. The molecule has 1 aromatic rings. The van der Waals surface area contributed by atoms with Gasteiger partial charge in [0.25, 0.3) is 0 Å². The fourth-order valence-electron chi connectivity index (χ4n) is 3.79. The van der Waals surface area contributed by atoms with Gasteiger partial charge in [0, 0.05) is 32.1 Å². The molecule has 2 N–H and O–H groups in total.